The van der Waals surface area contributed by atoms with Crippen molar-refractivity contribution in [2.24, 2.45) is 17.4 Å². The lowest BCUT2D eigenvalue weighted by Crippen LogP contribution is -2.37. The molecule has 0 spiro atoms. The zero-order chi connectivity index (χ0) is 21.0. The Morgan fingerprint density at radius 1 is 1.10 bits per heavy atom. The first-order valence-electron chi connectivity index (χ1n) is 9.04. The van der Waals surface area contributed by atoms with E-state index in [1.807, 2.05) is 19.9 Å². The number of nitrogens with zero attached hydrogens (tertiary/aromatic N) is 4. The maximum atomic E-state index is 11.8. The van der Waals surface area contributed by atoms with Gasteiger partial charge in [-0.2, -0.15) is 0 Å². The van der Waals surface area contributed by atoms with E-state index in [-0.39, 0.29) is 23.2 Å². The van der Waals surface area contributed by atoms with Crippen LogP contribution in [0.5, 0.6) is 0 Å². The van der Waals surface area contributed by atoms with Crippen LogP contribution in [0, 0.1) is 5.92 Å². The minimum absolute atomic E-state index is 0.0452. The zero-order valence-corrected chi connectivity index (χ0v) is 16.1. The lowest BCUT2D eigenvalue weighted by molar-refractivity contribution is -0.119. The normalized spacial score (nSPS) is 12.0. The number of hydrogen-bond donors (Lipinski definition) is 4. The summed E-state index contributed by atoms with van der Waals surface area (Å²) in [6, 6.07) is 4.77. The Morgan fingerprint density at radius 2 is 1.90 bits per heavy atom. The van der Waals surface area contributed by atoms with E-state index >= 15 is 0 Å². The Labute approximate surface area is 167 Å². The van der Waals surface area contributed by atoms with Gasteiger partial charge in [-0.25, -0.2) is 9.97 Å². The first-order valence-corrected chi connectivity index (χ1v) is 9.04. The molecule has 150 valence electrons. The third kappa shape index (κ3) is 4.92. The molecule has 0 aromatic carbocycles. The van der Waals surface area contributed by atoms with Gasteiger partial charge < -0.3 is 22.1 Å². The average molecular weight is 394 g/mol. The molecule has 6 N–H and O–H groups in total. The van der Waals surface area contributed by atoms with Crippen LogP contribution >= 0.6 is 0 Å². The quantitative estimate of drug-likeness (QED) is 0.447. The number of primary amides is 2. The van der Waals surface area contributed by atoms with Gasteiger partial charge in [0.15, 0.2) is 11.5 Å². The number of rotatable bonds is 8. The smallest absolute Gasteiger partial charge is 0.271 e. The number of fused-ring (bicyclic) bond motifs is 1. The minimum Gasteiger partial charge on any atom is -0.368 e. The minimum atomic E-state index is -0.743. The molecule has 0 unspecified atom stereocenters. The molecular formula is C19H22N8O2. The van der Waals surface area contributed by atoms with Crippen molar-refractivity contribution < 1.29 is 9.59 Å². The van der Waals surface area contributed by atoms with Gasteiger partial charge in [-0.3, -0.25) is 19.6 Å². The number of carbonyl (C=O) groups excluding carboxylic acids is 2. The van der Waals surface area contributed by atoms with Gasteiger partial charge in [0, 0.05) is 6.20 Å². The van der Waals surface area contributed by atoms with Gasteiger partial charge in [0.05, 0.1) is 29.1 Å². The van der Waals surface area contributed by atoms with Gasteiger partial charge in [0.25, 0.3) is 5.91 Å². The van der Waals surface area contributed by atoms with Crippen LogP contribution in [-0.2, 0) is 4.79 Å². The van der Waals surface area contributed by atoms with Gasteiger partial charge in [0.1, 0.15) is 11.9 Å². The van der Waals surface area contributed by atoms with E-state index in [4.69, 9.17) is 11.5 Å². The maximum Gasteiger partial charge on any atom is 0.271 e. The Bertz CT molecular complexity index is 1050. The molecule has 0 saturated heterocycles. The molecule has 0 radical (unpaired) electrons. The monoisotopic (exact) mass is 394 g/mol. The fourth-order valence-electron chi connectivity index (χ4n) is 2.78. The van der Waals surface area contributed by atoms with E-state index in [0.717, 1.165) is 5.52 Å². The third-order valence-electron chi connectivity index (χ3n) is 4.09. The van der Waals surface area contributed by atoms with E-state index in [2.05, 4.69) is 30.6 Å². The van der Waals surface area contributed by atoms with Gasteiger partial charge in [-0.15, -0.1) is 0 Å². The molecule has 0 fully saturated rings. The molecule has 1 atom stereocenters. The molecule has 3 heterocycles. The number of carbonyl (C=O) groups is 2. The predicted molar refractivity (Wildman–Crippen MR) is 109 cm³/mol. The van der Waals surface area contributed by atoms with Crippen molar-refractivity contribution in [1.82, 2.24) is 19.9 Å². The van der Waals surface area contributed by atoms with Crippen LogP contribution in [0.15, 0.2) is 36.8 Å². The summed E-state index contributed by atoms with van der Waals surface area (Å²) in [7, 11) is 0. The number of nitrogens with one attached hydrogen (secondary N) is 2. The standard InChI is InChI=1S/C19H22N8O2/c1-10(2)6-14(17(20)28)26-15-9-24-16(18(21)29)19(27-15)25-11-7-13-12(23-8-11)4-3-5-22-13/h3-5,7-10,14H,6H2,1-2H3,(H2,20,28)(H2,21,29)(H2,25,26,27)/t14-/m1/s1. The molecule has 0 aliphatic rings. The van der Waals surface area contributed by atoms with Crippen LogP contribution < -0.4 is 22.1 Å². The second kappa shape index (κ2) is 8.46. The zero-order valence-electron chi connectivity index (χ0n) is 16.1. The second-order valence-electron chi connectivity index (χ2n) is 6.94. The van der Waals surface area contributed by atoms with E-state index in [1.165, 1.54) is 6.20 Å². The summed E-state index contributed by atoms with van der Waals surface area (Å²) in [6.07, 6.45) is 5.10. The molecule has 0 saturated carbocycles. The summed E-state index contributed by atoms with van der Waals surface area (Å²) in [5.41, 5.74) is 12.8. The Balaban J connectivity index is 1.91. The van der Waals surface area contributed by atoms with Crippen molar-refractivity contribution in [3.05, 3.63) is 42.5 Å². The predicted octanol–water partition coefficient (Wildman–Crippen LogP) is 1.57. The highest BCUT2D eigenvalue weighted by Crippen LogP contribution is 2.22. The number of nitrogens with two attached hydrogens (primary N) is 2. The van der Waals surface area contributed by atoms with Crippen molar-refractivity contribution in [2.45, 2.75) is 26.3 Å². The average Bonchev–Trinajstić information content (AvgIpc) is 2.67. The molecule has 0 bridgehead atoms. The Hall–Kier alpha value is -3.82. The van der Waals surface area contributed by atoms with Crippen molar-refractivity contribution in [1.29, 1.82) is 0 Å². The van der Waals surface area contributed by atoms with Crippen LogP contribution in [-0.4, -0.2) is 37.8 Å². The first-order chi connectivity index (χ1) is 13.8. The van der Waals surface area contributed by atoms with Gasteiger partial charge in [-0.1, -0.05) is 13.8 Å². The number of anilines is 3. The number of pyridine rings is 2. The van der Waals surface area contributed by atoms with E-state index in [1.54, 1.807) is 24.5 Å². The number of hydrogen-bond acceptors (Lipinski definition) is 8. The van der Waals surface area contributed by atoms with Crippen LogP contribution in [0.4, 0.5) is 17.3 Å². The van der Waals surface area contributed by atoms with Crippen LogP contribution in [0.25, 0.3) is 11.0 Å². The van der Waals surface area contributed by atoms with Crippen molar-refractivity contribution >= 4 is 40.2 Å². The number of aromatic nitrogens is 4. The van der Waals surface area contributed by atoms with Crippen molar-refractivity contribution in [3.63, 3.8) is 0 Å². The SMILES string of the molecule is CC(C)C[C@@H](Nc1cnc(C(N)=O)c(Nc2cnc3cccnc3c2)n1)C(N)=O. The lowest BCUT2D eigenvalue weighted by Gasteiger charge is -2.18. The second-order valence-corrected chi connectivity index (χ2v) is 6.94. The first kappa shape index (κ1) is 19.9. The molecule has 2 amide bonds. The summed E-state index contributed by atoms with van der Waals surface area (Å²) >= 11 is 0. The molecule has 3 aromatic heterocycles. The van der Waals surface area contributed by atoms with Crippen molar-refractivity contribution in [2.75, 3.05) is 10.6 Å². The van der Waals surface area contributed by atoms with Gasteiger partial charge in [-0.05, 0) is 30.5 Å². The largest absolute Gasteiger partial charge is 0.368 e. The molecule has 10 heteroatoms. The molecule has 10 nitrogen and oxygen atoms in total. The van der Waals surface area contributed by atoms with Gasteiger partial charge in [0.2, 0.25) is 5.91 Å². The molecular weight excluding hydrogens is 372 g/mol. The summed E-state index contributed by atoms with van der Waals surface area (Å²) in [5.74, 6) is -0.585. The highest BCUT2D eigenvalue weighted by molar-refractivity contribution is 5.96. The maximum absolute atomic E-state index is 11.8. The summed E-state index contributed by atoms with van der Waals surface area (Å²) < 4.78 is 0. The Morgan fingerprint density at radius 3 is 2.59 bits per heavy atom. The van der Waals surface area contributed by atoms with E-state index in [0.29, 0.717) is 17.6 Å². The highest BCUT2D eigenvalue weighted by Gasteiger charge is 2.19. The van der Waals surface area contributed by atoms with Gasteiger partial charge >= 0.3 is 0 Å². The topological polar surface area (TPSA) is 162 Å². The van der Waals surface area contributed by atoms with Crippen LogP contribution in [0.3, 0.4) is 0 Å². The fraction of sp³-hybridized carbons (Fsp3) is 0.263. The lowest BCUT2D eigenvalue weighted by atomic mass is 10.0. The van der Waals surface area contributed by atoms with E-state index < -0.39 is 17.9 Å². The van der Waals surface area contributed by atoms with Crippen molar-refractivity contribution in [3.8, 4) is 0 Å². The summed E-state index contributed by atoms with van der Waals surface area (Å²) in [4.78, 5) is 40.5. The molecule has 29 heavy (non-hydrogen) atoms. The van der Waals surface area contributed by atoms with Crippen LogP contribution in [0.1, 0.15) is 30.8 Å². The molecule has 0 aliphatic carbocycles. The summed E-state index contributed by atoms with van der Waals surface area (Å²) in [5, 5.41) is 5.96. The molecule has 0 aliphatic heterocycles. The highest BCUT2D eigenvalue weighted by atomic mass is 16.1. The number of amides is 2. The summed E-state index contributed by atoms with van der Waals surface area (Å²) in [6.45, 7) is 3.96. The Kier molecular flexibility index (Phi) is 5.82. The van der Waals surface area contributed by atoms with Crippen LogP contribution in [0.2, 0.25) is 0 Å². The molecule has 3 rings (SSSR count). The fourth-order valence-corrected chi connectivity index (χ4v) is 2.78. The third-order valence-corrected chi connectivity index (χ3v) is 4.09. The molecule has 3 aromatic rings. The van der Waals surface area contributed by atoms with E-state index in [9.17, 15) is 9.59 Å².